The Balaban J connectivity index is 2.32. The van der Waals surface area contributed by atoms with Gasteiger partial charge in [-0.3, -0.25) is 14.2 Å². The number of carbonyl (C=O) groups is 1. The Morgan fingerprint density at radius 2 is 1.88 bits per heavy atom. The minimum Gasteiger partial charge on any atom is -0.370 e. The SMILES string of the molecule is C[C@H](N)c1nc2cccc(CCC(N)=O)c2c(=O)n1-c1ccccc1. The van der Waals surface area contributed by atoms with Gasteiger partial charge in [-0.15, -0.1) is 0 Å². The highest BCUT2D eigenvalue weighted by Gasteiger charge is 2.17. The molecule has 25 heavy (non-hydrogen) atoms. The number of nitrogens with two attached hydrogens (primary N) is 2. The third-order valence-electron chi connectivity index (χ3n) is 4.07. The van der Waals surface area contributed by atoms with Gasteiger partial charge in [0.1, 0.15) is 5.82 Å². The number of hydrogen-bond donors (Lipinski definition) is 2. The van der Waals surface area contributed by atoms with Gasteiger partial charge in [0.25, 0.3) is 5.56 Å². The molecule has 128 valence electrons. The molecule has 0 aliphatic heterocycles. The van der Waals surface area contributed by atoms with E-state index in [9.17, 15) is 9.59 Å². The largest absolute Gasteiger partial charge is 0.370 e. The van der Waals surface area contributed by atoms with Gasteiger partial charge in [-0.25, -0.2) is 4.98 Å². The van der Waals surface area contributed by atoms with Crippen LogP contribution in [0.2, 0.25) is 0 Å². The van der Waals surface area contributed by atoms with Crippen LogP contribution in [-0.2, 0) is 11.2 Å². The third kappa shape index (κ3) is 3.29. The lowest BCUT2D eigenvalue weighted by Crippen LogP contribution is -2.28. The number of rotatable bonds is 5. The predicted molar refractivity (Wildman–Crippen MR) is 97.5 cm³/mol. The first-order valence-electron chi connectivity index (χ1n) is 8.13. The molecule has 3 aromatic rings. The van der Waals surface area contributed by atoms with Crippen molar-refractivity contribution < 1.29 is 4.79 Å². The van der Waals surface area contributed by atoms with Gasteiger partial charge in [0.05, 0.1) is 22.6 Å². The number of primary amides is 1. The minimum absolute atomic E-state index is 0.179. The van der Waals surface area contributed by atoms with E-state index in [0.29, 0.717) is 28.8 Å². The number of nitrogens with zero attached hydrogens (tertiary/aromatic N) is 2. The molecule has 0 aliphatic carbocycles. The van der Waals surface area contributed by atoms with E-state index in [1.807, 2.05) is 42.5 Å². The topological polar surface area (TPSA) is 104 Å². The standard InChI is InChI=1S/C19H20N4O2/c1-12(20)18-22-15-9-5-6-13(10-11-16(21)24)17(15)19(25)23(18)14-7-3-2-4-8-14/h2-9,12H,10-11,20H2,1H3,(H2,21,24)/t12-/m0/s1. The number of hydrogen-bond acceptors (Lipinski definition) is 4. The molecular formula is C19H20N4O2. The van der Waals surface area contributed by atoms with Crippen LogP contribution >= 0.6 is 0 Å². The second kappa shape index (κ2) is 6.86. The number of amides is 1. The zero-order valence-corrected chi connectivity index (χ0v) is 14.0. The number of para-hydroxylation sites is 1. The second-order valence-corrected chi connectivity index (χ2v) is 6.01. The van der Waals surface area contributed by atoms with Crippen molar-refractivity contribution in [1.29, 1.82) is 0 Å². The monoisotopic (exact) mass is 336 g/mol. The first-order chi connectivity index (χ1) is 12.0. The van der Waals surface area contributed by atoms with Crippen LogP contribution in [0.15, 0.2) is 53.3 Å². The fourth-order valence-corrected chi connectivity index (χ4v) is 2.91. The van der Waals surface area contributed by atoms with Gasteiger partial charge in [-0.2, -0.15) is 0 Å². The minimum atomic E-state index is -0.411. The molecule has 0 bridgehead atoms. The maximum Gasteiger partial charge on any atom is 0.266 e. The Kier molecular flexibility index (Phi) is 4.63. The van der Waals surface area contributed by atoms with Crippen molar-refractivity contribution in [2.75, 3.05) is 0 Å². The highest BCUT2D eigenvalue weighted by Crippen LogP contribution is 2.20. The van der Waals surface area contributed by atoms with Crippen molar-refractivity contribution in [3.8, 4) is 5.69 Å². The molecule has 2 aromatic carbocycles. The maximum absolute atomic E-state index is 13.3. The van der Waals surface area contributed by atoms with E-state index in [2.05, 4.69) is 4.98 Å². The van der Waals surface area contributed by atoms with E-state index in [-0.39, 0.29) is 12.0 Å². The van der Waals surface area contributed by atoms with Crippen molar-refractivity contribution in [1.82, 2.24) is 9.55 Å². The molecule has 6 heteroatoms. The van der Waals surface area contributed by atoms with E-state index in [1.54, 1.807) is 17.6 Å². The summed E-state index contributed by atoms with van der Waals surface area (Å²) in [7, 11) is 0. The Labute approximate surface area is 145 Å². The van der Waals surface area contributed by atoms with Gasteiger partial charge in [-0.05, 0) is 37.1 Å². The summed E-state index contributed by atoms with van der Waals surface area (Å²) in [6.07, 6.45) is 0.578. The molecule has 4 N–H and O–H groups in total. The van der Waals surface area contributed by atoms with Crippen LogP contribution in [-0.4, -0.2) is 15.5 Å². The Morgan fingerprint density at radius 1 is 1.16 bits per heavy atom. The number of benzene rings is 2. The fraction of sp³-hybridized carbons (Fsp3) is 0.211. The smallest absolute Gasteiger partial charge is 0.266 e. The van der Waals surface area contributed by atoms with E-state index in [1.165, 1.54) is 0 Å². The lowest BCUT2D eigenvalue weighted by molar-refractivity contribution is -0.117. The van der Waals surface area contributed by atoms with Crippen molar-refractivity contribution in [3.63, 3.8) is 0 Å². The van der Waals surface area contributed by atoms with Crippen LogP contribution in [0.4, 0.5) is 0 Å². The molecule has 1 amide bonds. The molecule has 0 unspecified atom stereocenters. The first-order valence-corrected chi connectivity index (χ1v) is 8.13. The molecule has 0 fully saturated rings. The van der Waals surface area contributed by atoms with Gasteiger partial charge >= 0.3 is 0 Å². The number of aryl methyl sites for hydroxylation is 1. The Morgan fingerprint density at radius 3 is 2.52 bits per heavy atom. The summed E-state index contributed by atoms with van der Waals surface area (Å²) in [6, 6.07) is 14.3. The maximum atomic E-state index is 13.3. The molecule has 3 rings (SSSR count). The van der Waals surface area contributed by atoms with Gasteiger partial charge < -0.3 is 11.5 Å². The molecule has 0 saturated carbocycles. The Bertz CT molecular complexity index is 978. The lowest BCUT2D eigenvalue weighted by Gasteiger charge is -2.17. The fourth-order valence-electron chi connectivity index (χ4n) is 2.91. The molecule has 0 saturated heterocycles. The number of fused-ring (bicyclic) bond motifs is 1. The molecule has 6 nitrogen and oxygen atoms in total. The average molecular weight is 336 g/mol. The summed E-state index contributed by atoms with van der Waals surface area (Å²) in [4.78, 5) is 29.0. The highest BCUT2D eigenvalue weighted by atomic mass is 16.1. The van der Waals surface area contributed by atoms with Gasteiger partial charge in [-0.1, -0.05) is 30.3 Å². The van der Waals surface area contributed by atoms with Crippen LogP contribution in [0, 0.1) is 0 Å². The predicted octanol–water partition coefficient (Wildman–Crippen LogP) is 1.82. The average Bonchev–Trinajstić information content (AvgIpc) is 2.60. The summed E-state index contributed by atoms with van der Waals surface area (Å²) in [5, 5.41) is 0.497. The third-order valence-corrected chi connectivity index (χ3v) is 4.07. The van der Waals surface area contributed by atoms with Gasteiger partial charge in [0.2, 0.25) is 5.91 Å². The zero-order chi connectivity index (χ0) is 18.0. The van der Waals surface area contributed by atoms with Crippen LogP contribution in [0.3, 0.4) is 0 Å². The van der Waals surface area contributed by atoms with Gasteiger partial charge in [0, 0.05) is 6.42 Å². The van der Waals surface area contributed by atoms with Crippen molar-refractivity contribution in [3.05, 3.63) is 70.3 Å². The summed E-state index contributed by atoms with van der Waals surface area (Å²) in [5.74, 6) is 0.0938. The Hall–Kier alpha value is -2.99. The quantitative estimate of drug-likeness (QED) is 0.741. The molecule has 0 aliphatic rings. The summed E-state index contributed by atoms with van der Waals surface area (Å²) in [6.45, 7) is 1.80. The zero-order valence-electron chi connectivity index (χ0n) is 14.0. The van der Waals surface area contributed by atoms with E-state index < -0.39 is 11.9 Å². The molecule has 0 spiro atoms. The van der Waals surface area contributed by atoms with E-state index in [4.69, 9.17) is 11.5 Å². The van der Waals surface area contributed by atoms with E-state index >= 15 is 0 Å². The van der Waals surface area contributed by atoms with E-state index in [0.717, 1.165) is 5.56 Å². The van der Waals surface area contributed by atoms with Gasteiger partial charge in [0.15, 0.2) is 0 Å². The first kappa shape index (κ1) is 16.9. The number of aromatic nitrogens is 2. The second-order valence-electron chi connectivity index (χ2n) is 6.01. The molecule has 0 radical (unpaired) electrons. The van der Waals surface area contributed by atoms with Crippen molar-refractivity contribution in [2.45, 2.75) is 25.8 Å². The molecule has 1 heterocycles. The van der Waals surface area contributed by atoms with Crippen LogP contribution in [0.1, 0.15) is 30.8 Å². The summed E-state index contributed by atoms with van der Waals surface area (Å²) < 4.78 is 1.54. The summed E-state index contributed by atoms with van der Waals surface area (Å²) >= 11 is 0. The van der Waals surface area contributed by atoms with Crippen LogP contribution < -0.4 is 17.0 Å². The molecular weight excluding hydrogens is 316 g/mol. The molecule has 1 aromatic heterocycles. The normalized spacial score (nSPS) is 12.2. The summed E-state index contributed by atoms with van der Waals surface area (Å²) in [5.41, 5.74) is 13.2. The highest BCUT2D eigenvalue weighted by molar-refractivity contribution is 5.83. The molecule has 1 atom stereocenters. The van der Waals surface area contributed by atoms with Crippen molar-refractivity contribution >= 4 is 16.8 Å². The number of carbonyl (C=O) groups excluding carboxylic acids is 1. The van der Waals surface area contributed by atoms with Crippen molar-refractivity contribution in [2.24, 2.45) is 11.5 Å². The van der Waals surface area contributed by atoms with Crippen LogP contribution in [0.5, 0.6) is 0 Å². The lowest BCUT2D eigenvalue weighted by atomic mass is 10.0. The van der Waals surface area contributed by atoms with Crippen LogP contribution in [0.25, 0.3) is 16.6 Å².